The van der Waals surface area contributed by atoms with Gasteiger partial charge in [-0.05, 0) is 24.3 Å². The van der Waals surface area contributed by atoms with Crippen molar-refractivity contribution in [2.24, 2.45) is 13.0 Å². The van der Waals surface area contributed by atoms with Crippen molar-refractivity contribution in [3.8, 4) is 0 Å². The van der Waals surface area contributed by atoms with Gasteiger partial charge in [0.25, 0.3) is 5.91 Å². The Bertz CT molecular complexity index is 608. The topological polar surface area (TPSA) is 58.4 Å². The van der Waals surface area contributed by atoms with E-state index in [1.54, 1.807) is 6.20 Å². The lowest BCUT2D eigenvalue weighted by Gasteiger charge is -2.34. The number of rotatable bonds is 3. The monoisotopic (exact) mass is 305 g/mol. The molecule has 0 radical (unpaired) electrons. The number of imidazole rings is 1. The second-order valence-electron chi connectivity index (χ2n) is 5.51. The predicted octanol–water partition coefficient (Wildman–Crippen LogP) is 2.07. The van der Waals surface area contributed by atoms with E-state index in [2.05, 4.69) is 4.98 Å². The van der Waals surface area contributed by atoms with Gasteiger partial charge < -0.3 is 14.6 Å². The van der Waals surface area contributed by atoms with E-state index in [1.807, 2.05) is 39.5 Å². The molecule has 5 nitrogen and oxygen atoms in total. The van der Waals surface area contributed by atoms with Gasteiger partial charge in [0.15, 0.2) is 0 Å². The number of hydrogen-bond acceptors (Lipinski definition) is 4. The first-order chi connectivity index (χ1) is 10.2. The summed E-state index contributed by atoms with van der Waals surface area (Å²) in [5.74, 6) is 0.778. The molecule has 112 valence electrons. The normalized spacial score (nSPS) is 20.5. The summed E-state index contributed by atoms with van der Waals surface area (Å²) in [6.07, 6.45) is 4.73. The molecule has 3 rings (SSSR count). The lowest BCUT2D eigenvalue weighted by molar-refractivity contribution is 0.0358. The number of nitrogens with zero attached hydrogens (tertiary/aromatic N) is 3. The van der Waals surface area contributed by atoms with Crippen LogP contribution in [0.3, 0.4) is 0 Å². The average Bonchev–Trinajstić information content (AvgIpc) is 3.17. The fourth-order valence-electron chi connectivity index (χ4n) is 2.89. The number of carbonyl (C=O) groups is 1. The number of thiophene rings is 1. The third kappa shape index (κ3) is 2.87. The Labute approximate surface area is 127 Å². The van der Waals surface area contributed by atoms with Gasteiger partial charge in [-0.3, -0.25) is 4.79 Å². The zero-order valence-corrected chi connectivity index (χ0v) is 12.8. The van der Waals surface area contributed by atoms with Crippen LogP contribution in [-0.2, 0) is 7.05 Å². The summed E-state index contributed by atoms with van der Waals surface area (Å²) in [5.41, 5.74) is 0.743. The van der Waals surface area contributed by atoms with E-state index >= 15 is 0 Å². The van der Waals surface area contributed by atoms with E-state index in [-0.39, 0.29) is 11.8 Å². The third-order valence-electron chi connectivity index (χ3n) is 4.08. The van der Waals surface area contributed by atoms with E-state index in [0.717, 1.165) is 24.9 Å². The van der Waals surface area contributed by atoms with Gasteiger partial charge in [-0.2, -0.15) is 11.3 Å². The summed E-state index contributed by atoms with van der Waals surface area (Å²) < 4.78 is 1.84. The van der Waals surface area contributed by atoms with Crippen molar-refractivity contribution >= 4 is 17.2 Å². The van der Waals surface area contributed by atoms with Gasteiger partial charge in [0.2, 0.25) is 0 Å². The summed E-state index contributed by atoms with van der Waals surface area (Å²) in [4.78, 5) is 18.5. The van der Waals surface area contributed by atoms with Crippen LogP contribution in [0.1, 0.15) is 35.1 Å². The van der Waals surface area contributed by atoms with Crippen LogP contribution in [0.25, 0.3) is 0 Å². The molecule has 1 aliphatic heterocycles. The van der Waals surface area contributed by atoms with Crippen molar-refractivity contribution in [2.75, 3.05) is 13.1 Å². The van der Waals surface area contributed by atoms with E-state index in [4.69, 9.17) is 0 Å². The molecule has 1 fully saturated rings. The summed E-state index contributed by atoms with van der Waals surface area (Å²) in [7, 11) is 1.88. The molecule has 3 heterocycles. The quantitative estimate of drug-likeness (QED) is 0.944. The first-order valence-electron chi connectivity index (χ1n) is 7.13. The minimum absolute atomic E-state index is 0.0439. The third-order valence-corrected chi connectivity index (χ3v) is 4.77. The molecule has 1 saturated heterocycles. The maximum absolute atomic E-state index is 12.4. The SMILES string of the molecule is Cn1ccnc1C(O)C1CCCN(C(=O)c2ccsc2)C1. The predicted molar refractivity (Wildman–Crippen MR) is 81.1 cm³/mol. The standard InChI is InChI=1S/C15H19N3O2S/c1-17-7-5-16-14(17)13(19)11-3-2-6-18(9-11)15(20)12-4-8-21-10-12/h4-5,7-8,10-11,13,19H,2-3,6,9H2,1H3. The molecule has 0 bridgehead atoms. The molecule has 1 aliphatic rings. The van der Waals surface area contributed by atoms with Crippen molar-refractivity contribution in [1.29, 1.82) is 0 Å². The number of piperidine rings is 1. The first kappa shape index (κ1) is 14.3. The largest absolute Gasteiger partial charge is 0.385 e. The molecule has 2 aromatic heterocycles. The van der Waals surface area contributed by atoms with Gasteiger partial charge in [0.05, 0.1) is 5.56 Å². The smallest absolute Gasteiger partial charge is 0.254 e. The number of likely N-dealkylation sites (tertiary alicyclic amines) is 1. The summed E-state index contributed by atoms with van der Waals surface area (Å²) in [6, 6.07) is 1.85. The second-order valence-corrected chi connectivity index (χ2v) is 6.29. The van der Waals surface area contributed by atoms with Crippen LogP contribution in [-0.4, -0.2) is 38.6 Å². The lowest BCUT2D eigenvalue weighted by Crippen LogP contribution is -2.41. The van der Waals surface area contributed by atoms with E-state index in [1.165, 1.54) is 11.3 Å². The van der Waals surface area contributed by atoms with Crippen molar-refractivity contribution in [3.63, 3.8) is 0 Å². The first-order valence-corrected chi connectivity index (χ1v) is 8.08. The fourth-order valence-corrected chi connectivity index (χ4v) is 3.52. The minimum Gasteiger partial charge on any atom is -0.385 e. The Morgan fingerprint density at radius 1 is 1.57 bits per heavy atom. The van der Waals surface area contributed by atoms with E-state index in [0.29, 0.717) is 12.4 Å². The highest BCUT2D eigenvalue weighted by Gasteiger charge is 2.31. The summed E-state index contributed by atoms with van der Waals surface area (Å²) in [6.45, 7) is 1.35. The zero-order chi connectivity index (χ0) is 14.8. The summed E-state index contributed by atoms with van der Waals surface area (Å²) >= 11 is 1.53. The lowest BCUT2D eigenvalue weighted by atomic mass is 9.91. The number of aliphatic hydroxyl groups is 1. The maximum atomic E-state index is 12.4. The fraction of sp³-hybridized carbons (Fsp3) is 0.467. The van der Waals surface area contributed by atoms with Crippen molar-refractivity contribution in [2.45, 2.75) is 18.9 Å². The highest BCUT2D eigenvalue weighted by atomic mass is 32.1. The molecule has 2 aromatic rings. The molecular formula is C15H19N3O2S. The molecule has 0 aromatic carbocycles. The van der Waals surface area contributed by atoms with Crippen LogP contribution in [0.15, 0.2) is 29.2 Å². The number of hydrogen-bond donors (Lipinski definition) is 1. The van der Waals surface area contributed by atoms with Crippen LogP contribution in [0.2, 0.25) is 0 Å². The number of amides is 1. The van der Waals surface area contributed by atoms with Crippen LogP contribution in [0.5, 0.6) is 0 Å². The molecule has 0 spiro atoms. The Hall–Kier alpha value is -1.66. The highest BCUT2D eigenvalue weighted by molar-refractivity contribution is 7.08. The Balaban J connectivity index is 1.71. The highest BCUT2D eigenvalue weighted by Crippen LogP contribution is 2.29. The molecule has 0 aliphatic carbocycles. The van der Waals surface area contributed by atoms with Gasteiger partial charge in [0, 0.05) is 43.8 Å². The van der Waals surface area contributed by atoms with Crippen LogP contribution < -0.4 is 0 Å². The van der Waals surface area contributed by atoms with Crippen LogP contribution in [0, 0.1) is 5.92 Å². The molecule has 6 heteroatoms. The number of aryl methyl sites for hydroxylation is 1. The van der Waals surface area contributed by atoms with Gasteiger partial charge in [-0.15, -0.1) is 0 Å². The molecule has 2 atom stereocenters. The number of aliphatic hydroxyl groups excluding tert-OH is 1. The molecule has 21 heavy (non-hydrogen) atoms. The Morgan fingerprint density at radius 2 is 2.43 bits per heavy atom. The molecule has 0 saturated carbocycles. The Kier molecular flexibility index (Phi) is 4.07. The second kappa shape index (κ2) is 5.99. The molecular weight excluding hydrogens is 286 g/mol. The van der Waals surface area contributed by atoms with Crippen molar-refractivity contribution < 1.29 is 9.90 Å². The van der Waals surface area contributed by atoms with Crippen molar-refractivity contribution in [1.82, 2.24) is 14.5 Å². The Morgan fingerprint density at radius 3 is 3.10 bits per heavy atom. The molecule has 2 unspecified atom stereocenters. The van der Waals surface area contributed by atoms with Gasteiger partial charge in [-0.1, -0.05) is 0 Å². The maximum Gasteiger partial charge on any atom is 0.254 e. The minimum atomic E-state index is -0.622. The zero-order valence-electron chi connectivity index (χ0n) is 12.0. The van der Waals surface area contributed by atoms with Crippen LogP contribution in [0.4, 0.5) is 0 Å². The molecule has 1 N–H and O–H groups in total. The summed E-state index contributed by atoms with van der Waals surface area (Å²) in [5, 5.41) is 14.3. The average molecular weight is 305 g/mol. The number of carbonyl (C=O) groups excluding carboxylic acids is 1. The van der Waals surface area contributed by atoms with Gasteiger partial charge in [-0.25, -0.2) is 4.98 Å². The van der Waals surface area contributed by atoms with Gasteiger partial charge in [0.1, 0.15) is 11.9 Å². The number of aromatic nitrogens is 2. The molecule has 1 amide bonds. The van der Waals surface area contributed by atoms with Gasteiger partial charge >= 0.3 is 0 Å². The van der Waals surface area contributed by atoms with Crippen molar-refractivity contribution in [3.05, 3.63) is 40.6 Å². The van der Waals surface area contributed by atoms with E-state index < -0.39 is 6.10 Å². The van der Waals surface area contributed by atoms with Crippen LogP contribution >= 0.6 is 11.3 Å². The van der Waals surface area contributed by atoms with E-state index in [9.17, 15) is 9.90 Å².